The molecule has 3 rings (SSSR count). The highest BCUT2D eigenvalue weighted by molar-refractivity contribution is 6.02. The topological polar surface area (TPSA) is 81.2 Å². The van der Waals surface area contributed by atoms with Crippen LogP contribution in [0.5, 0.6) is 17.2 Å². The van der Waals surface area contributed by atoms with Crippen molar-refractivity contribution in [3.8, 4) is 17.2 Å². The number of nitrogens with one attached hydrogen (secondary N) is 2. The molecule has 2 aromatic rings. The number of amides is 1. The van der Waals surface area contributed by atoms with Gasteiger partial charge in [-0.1, -0.05) is 12.1 Å². The quantitative estimate of drug-likeness (QED) is 0.818. The van der Waals surface area contributed by atoms with E-state index in [0.29, 0.717) is 17.2 Å². The van der Waals surface area contributed by atoms with Gasteiger partial charge in [0.2, 0.25) is 11.7 Å². The molecule has 1 heterocycles. The standard InChI is InChI=1S/C20H23N3O4/c1-12(24)21-15-7-5-13(6-8-15)16-11-17(23-22-16)14-9-18(25-2)20(27-4)19(10-14)26-3/h5-10,17,23H,11H2,1-4H3,(H,21,24). The number of carbonyl (C=O) groups is 1. The Hall–Kier alpha value is -3.22. The predicted octanol–water partition coefficient (Wildman–Crippen LogP) is 3.11. The van der Waals surface area contributed by atoms with E-state index < -0.39 is 0 Å². The number of carbonyl (C=O) groups excluding carboxylic acids is 1. The number of hydrogen-bond donors (Lipinski definition) is 2. The molecule has 2 N–H and O–H groups in total. The molecular weight excluding hydrogens is 346 g/mol. The van der Waals surface area contributed by atoms with Crippen LogP contribution >= 0.6 is 0 Å². The van der Waals surface area contributed by atoms with Crippen molar-refractivity contribution in [2.45, 2.75) is 19.4 Å². The van der Waals surface area contributed by atoms with Gasteiger partial charge in [0.25, 0.3) is 0 Å². The fraction of sp³-hybridized carbons (Fsp3) is 0.300. The van der Waals surface area contributed by atoms with Crippen molar-refractivity contribution >= 4 is 17.3 Å². The molecule has 0 radical (unpaired) electrons. The molecule has 1 aliphatic heterocycles. The first-order chi connectivity index (χ1) is 13.0. The van der Waals surface area contributed by atoms with Gasteiger partial charge in [0.05, 0.1) is 33.1 Å². The van der Waals surface area contributed by atoms with E-state index in [9.17, 15) is 4.79 Å². The first kappa shape index (κ1) is 18.6. The summed E-state index contributed by atoms with van der Waals surface area (Å²) in [6.07, 6.45) is 0.720. The SMILES string of the molecule is COc1cc(C2CC(c3ccc(NC(C)=O)cc3)=NN2)cc(OC)c1OC. The van der Waals surface area contributed by atoms with Gasteiger partial charge in [0.15, 0.2) is 11.5 Å². The number of nitrogens with zero attached hydrogens (tertiary/aromatic N) is 1. The van der Waals surface area contributed by atoms with Gasteiger partial charge in [-0.15, -0.1) is 0 Å². The fourth-order valence-electron chi connectivity index (χ4n) is 3.07. The van der Waals surface area contributed by atoms with Crippen LogP contribution in [0.1, 0.15) is 30.5 Å². The van der Waals surface area contributed by atoms with E-state index in [0.717, 1.165) is 28.9 Å². The number of ether oxygens (including phenoxy) is 3. The Bertz CT molecular complexity index is 837. The van der Waals surface area contributed by atoms with Crippen LogP contribution in [0.3, 0.4) is 0 Å². The maximum atomic E-state index is 11.1. The summed E-state index contributed by atoms with van der Waals surface area (Å²) in [5.74, 6) is 1.70. The Morgan fingerprint density at radius 1 is 1.07 bits per heavy atom. The second kappa shape index (κ2) is 7.99. The van der Waals surface area contributed by atoms with Gasteiger partial charge in [-0.3, -0.25) is 4.79 Å². The van der Waals surface area contributed by atoms with Gasteiger partial charge in [-0.25, -0.2) is 0 Å². The van der Waals surface area contributed by atoms with E-state index in [1.54, 1.807) is 21.3 Å². The summed E-state index contributed by atoms with van der Waals surface area (Å²) in [7, 11) is 4.78. The molecule has 27 heavy (non-hydrogen) atoms. The molecule has 1 atom stereocenters. The summed E-state index contributed by atoms with van der Waals surface area (Å²) >= 11 is 0. The lowest BCUT2D eigenvalue weighted by Gasteiger charge is -2.17. The zero-order chi connectivity index (χ0) is 19.4. The maximum Gasteiger partial charge on any atom is 0.221 e. The van der Waals surface area contributed by atoms with Crippen LogP contribution in [0.15, 0.2) is 41.5 Å². The van der Waals surface area contributed by atoms with Gasteiger partial charge >= 0.3 is 0 Å². The minimum Gasteiger partial charge on any atom is -0.493 e. The van der Waals surface area contributed by atoms with Crippen molar-refractivity contribution in [3.63, 3.8) is 0 Å². The van der Waals surface area contributed by atoms with Gasteiger partial charge in [-0.2, -0.15) is 5.10 Å². The second-order valence-corrected chi connectivity index (χ2v) is 6.16. The normalized spacial score (nSPS) is 15.6. The minimum absolute atomic E-state index is 0.00345. The molecule has 2 aromatic carbocycles. The fourth-order valence-corrected chi connectivity index (χ4v) is 3.07. The monoisotopic (exact) mass is 369 g/mol. The summed E-state index contributed by atoms with van der Waals surface area (Å²) in [5, 5.41) is 7.23. The first-order valence-electron chi connectivity index (χ1n) is 8.55. The first-order valence-corrected chi connectivity index (χ1v) is 8.55. The Labute approximate surface area is 158 Å². The molecule has 1 unspecified atom stereocenters. The average molecular weight is 369 g/mol. The molecule has 7 nitrogen and oxygen atoms in total. The van der Waals surface area contributed by atoms with Crippen molar-refractivity contribution in [1.82, 2.24) is 5.43 Å². The maximum absolute atomic E-state index is 11.1. The van der Waals surface area contributed by atoms with E-state index in [-0.39, 0.29) is 11.9 Å². The third-order valence-electron chi connectivity index (χ3n) is 4.38. The number of methoxy groups -OCH3 is 3. The van der Waals surface area contributed by atoms with Crippen molar-refractivity contribution in [3.05, 3.63) is 47.5 Å². The molecule has 0 fully saturated rings. The number of rotatable bonds is 6. The number of hydrogen-bond acceptors (Lipinski definition) is 6. The third kappa shape index (κ3) is 3.97. The van der Waals surface area contributed by atoms with E-state index in [2.05, 4.69) is 15.8 Å². The van der Waals surface area contributed by atoms with E-state index in [4.69, 9.17) is 14.2 Å². The Kier molecular flexibility index (Phi) is 5.49. The Morgan fingerprint density at radius 3 is 2.22 bits per heavy atom. The van der Waals surface area contributed by atoms with Crippen molar-refractivity contribution in [2.24, 2.45) is 5.10 Å². The molecule has 0 saturated carbocycles. The lowest BCUT2D eigenvalue weighted by Crippen LogP contribution is -2.11. The van der Waals surface area contributed by atoms with Gasteiger partial charge in [-0.05, 0) is 35.4 Å². The molecule has 0 spiro atoms. The van der Waals surface area contributed by atoms with Crippen LogP contribution in [-0.4, -0.2) is 32.9 Å². The van der Waals surface area contributed by atoms with E-state index in [1.807, 2.05) is 36.4 Å². The van der Waals surface area contributed by atoms with Crippen LogP contribution in [0.2, 0.25) is 0 Å². The zero-order valence-electron chi connectivity index (χ0n) is 15.8. The molecular formula is C20H23N3O4. The van der Waals surface area contributed by atoms with Crippen LogP contribution < -0.4 is 25.0 Å². The number of anilines is 1. The van der Waals surface area contributed by atoms with Crippen molar-refractivity contribution in [1.29, 1.82) is 0 Å². The summed E-state index contributed by atoms with van der Waals surface area (Å²) in [5.41, 5.74) is 6.89. The Morgan fingerprint density at radius 2 is 1.70 bits per heavy atom. The summed E-state index contributed by atoms with van der Waals surface area (Å²) in [6.45, 7) is 1.49. The van der Waals surface area contributed by atoms with Gasteiger partial charge in [0.1, 0.15) is 0 Å². The molecule has 1 amide bonds. The van der Waals surface area contributed by atoms with Crippen LogP contribution in [0, 0.1) is 0 Å². The minimum atomic E-state index is -0.0925. The highest BCUT2D eigenvalue weighted by Gasteiger charge is 2.24. The summed E-state index contributed by atoms with van der Waals surface area (Å²) in [4.78, 5) is 11.1. The predicted molar refractivity (Wildman–Crippen MR) is 104 cm³/mol. The Balaban J connectivity index is 1.78. The molecule has 0 aliphatic carbocycles. The molecule has 0 aromatic heterocycles. The largest absolute Gasteiger partial charge is 0.493 e. The highest BCUT2D eigenvalue weighted by Crippen LogP contribution is 2.41. The van der Waals surface area contributed by atoms with Crippen LogP contribution in [-0.2, 0) is 4.79 Å². The summed E-state index contributed by atoms with van der Waals surface area (Å²) in [6, 6.07) is 11.5. The van der Waals surface area contributed by atoms with Crippen LogP contribution in [0.4, 0.5) is 5.69 Å². The summed E-state index contributed by atoms with van der Waals surface area (Å²) < 4.78 is 16.2. The zero-order valence-corrected chi connectivity index (χ0v) is 15.8. The highest BCUT2D eigenvalue weighted by atomic mass is 16.5. The number of hydrazone groups is 1. The smallest absolute Gasteiger partial charge is 0.221 e. The lowest BCUT2D eigenvalue weighted by molar-refractivity contribution is -0.114. The van der Waals surface area contributed by atoms with Gasteiger partial charge in [0, 0.05) is 19.0 Å². The average Bonchev–Trinajstić information content (AvgIpc) is 3.17. The van der Waals surface area contributed by atoms with Crippen molar-refractivity contribution in [2.75, 3.05) is 26.6 Å². The molecule has 142 valence electrons. The second-order valence-electron chi connectivity index (χ2n) is 6.16. The number of benzene rings is 2. The molecule has 7 heteroatoms. The molecule has 1 aliphatic rings. The van der Waals surface area contributed by atoms with Crippen molar-refractivity contribution < 1.29 is 19.0 Å². The lowest BCUT2D eigenvalue weighted by atomic mass is 9.98. The third-order valence-corrected chi connectivity index (χ3v) is 4.38. The molecule has 0 bridgehead atoms. The van der Waals surface area contributed by atoms with Gasteiger partial charge < -0.3 is 25.0 Å². The van der Waals surface area contributed by atoms with E-state index >= 15 is 0 Å². The van der Waals surface area contributed by atoms with Crippen LogP contribution in [0.25, 0.3) is 0 Å². The van der Waals surface area contributed by atoms with E-state index in [1.165, 1.54) is 6.92 Å². The molecule has 0 saturated heterocycles.